The summed E-state index contributed by atoms with van der Waals surface area (Å²) in [6.45, 7) is 2.17. The van der Waals surface area contributed by atoms with Crippen LogP contribution in [0.4, 0.5) is 13.2 Å². The van der Waals surface area contributed by atoms with Gasteiger partial charge in [0, 0.05) is 17.7 Å². The Hall–Kier alpha value is -3.24. The first-order chi connectivity index (χ1) is 15.0. The van der Waals surface area contributed by atoms with Gasteiger partial charge in [-0.05, 0) is 30.2 Å². The largest absolute Gasteiger partial charge is 0.741 e. The second-order valence-corrected chi connectivity index (χ2v) is 7.80. The van der Waals surface area contributed by atoms with Crippen LogP contribution in [0.2, 0.25) is 0 Å². The number of rotatable bonds is 4. The first kappa shape index (κ1) is 25.0. The third-order valence-electron chi connectivity index (χ3n) is 4.25. The molecule has 0 atom stereocenters. The van der Waals surface area contributed by atoms with Crippen LogP contribution in [0.5, 0.6) is 0 Å². The third kappa shape index (κ3) is 6.38. The lowest BCUT2D eigenvalue weighted by atomic mass is 10.0. The van der Waals surface area contributed by atoms with E-state index in [9.17, 15) is 18.0 Å². The maximum absolute atomic E-state index is 12.4. The van der Waals surface area contributed by atoms with E-state index in [-0.39, 0.29) is 5.97 Å². The summed E-state index contributed by atoms with van der Waals surface area (Å²) >= 11 is 0. The minimum atomic E-state index is -6.09. The SMILES string of the molecule is CCOC(=O)c1cc(-c2ccccc2)cc(-c2ccccc2)[n+]1C.O=S(=O)([O-])C(F)(F)F. The van der Waals surface area contributed by atoms with Crippen molar-refractivity contribution in [2.24, 2.45) is 7.05 Å². The predicted molar refractivity (Wildman–Crippen MR) is 110 cm³/mol. The molecular weight excluding hydrogens is 447 g/mol. The number of hydrogen-bond donors (Lipinski definition) is 0. The van der Waals surface area contributed by atoms with E-state index in [1.54, 1.807) is 0 Å². The van der Waals surface area contributed by atoms with Crippen molar-refractivity contribution in [3.05, 3.63) is 78.5 Å². The molecule has 0 aliphatic rings. The Labute approximate surface area is 183 Å². The lowest BCUT2D eigenvalue weighted by molar-refractivity contribution is -0.663. The van der Waals surface area contributed by atoms with Gasteiger partial charge in [-0.3, -0.25) is 0 Å². The van der Waals surface area contributed by atoms with E-state index < -0.39 is 15.6 Å². The van der Waals surface area contributed by atoms with Gasteiger partial charge in [-0.1, -0.05) is 48.5 Å². The van der Waals surface area contributed by atoms with Crippen LogP contribution >= 0.6 is 0 Å². The topological polar surface area (TPSA) is 87.4 Å². The predicted octanol–water partition coefficient (Wildman–Crippen LogP) is 4.07. The highest BCUT2D eigenvalue weighted by molar-refractivity contribution is 7.86. The summed E-state index contributed by atoms with van der Waals surface area (Å²) in [4.78, 5) is 12.4. The van der Waals surface area contributed by atoms with Crippen molar-refractivity contribution in [2.75, 3.05) is 6.61 Å². The van der Waals surface area contributed by atoms with Crippen LogP contribution in [-0.4, -0.2) is 31.1 Å². The Balaban J connectivity index is 0.000000390. The first-order valence-electron chi connectivity index (χ1n) is 9.30. The number of carbonyl (C=O) groups is 1. The molecule has 3 aromatic rings. The zero-order valence-electron chi connectivity index (χ0n) is 17.2. The molecule has 0 saturated carbocycles. The molecule has 0 unspecified atom stereocenters. The van der Waals surface area contributed by atoms with Crippen LogP contribution in [0.1, 0.15) is 17.4 Å². The summed E-state index contributed by atoms with van der Waals surface area (Å²) in [5, 5.41) is 0. The monoisotopic (exact) mass is 467 g/mol. The second kappa shape index (κ2) is 10.4. The number of aromatic nitrogens is 1. The van der Waals surface area contributed by atoms with Crippen molar-refractivity contribution in [3.63, 3.8) is 0 Å². The molecule has 0 bridgehead atoms. The van der Waals surface area contributed by atoms with E-state index in [0.717, 1.165) is 22.4 Å². The molecule has 2 aromatic carbocycles. The lowest BCUT2D eigenvalue weighted by Gasteiger charge is -2.09. The lowest BCUT2D eigenvalue weighted by Crippen LogP contribution is -2.39. The molecule has 0 saturated heterocycles. The zero-order valence-corrected chi connectivity index (χ0v) is 18.0. The van der Waals surface area contributed by atoms with Crippen molar-refractivity contribution >= 4 is 16.1 Å². The van der Waals surface area contributed by atoms with E-state index in [1.165, 1.54) is 0 Å². The molecule has 170 valence electrons. The fourth-order valence-electron chi connectivity index (χ4n) is 2.74. The van der Waals surface area contributed by atoms with Gasteiger partial charge in [-0.25, -0.2) is 13.2 Å². The van der Waals surface area contributed by atoms with Crippen LogP contribution in [0.15, 0.2) is 72.8 Å². The molecule has 6 nitrogen and oxygen atoms in total. The molecule has 1 aromatic heterocycles. The maximum Gasteiger partial charge on any atom is 0.485 e. The fourth-order valence-corrected chi connectivity index (χ4v) is 2.74. The standard InChI is InChI=1S/C21H20NO2.CHF3O3S/c1-3-24-21(23)20-15-18(16-10-6-4-7-11-16)14-19(22(20)2)17-12-8-5-9-13-17;2-1(3,4)8(5,6)7/h4-15H,3H2,1-2H3;(H,5,6,7)/q+1;/p-1. The summed E-state index contributed by atoms with van der Waals surface area (Å²) < 4.78 is 66.0. The van der Waals surface area contributed by atoms with Gasteiger partial charge in [0.05, 0.1) is 6.61 Å². The number of halogens is 3. The number of esters is 1. The van der Waals surface area contributed by atoms with Crippen LogP contribution < -0.4 is 4.57 Å². The van der Waals surface area contributed by atoms with E-state index in [2.05, 4.69) is 6.07 Å². The highest BCUT2D eigenvalue weighted by Crippen LogP contribution is 2.25. The quantitative estimate of drug-likeness (QED) is 0.250. The van der Waals surface area contributed by atoms with Crippen molar-refractivity contribution in [1.82, 2.24) is 0 Å². The summed E-state index contributed by atoms with van der Waals surface area (Å²) in [6.07, 6.45) is 0. The van der Waals surface area contributed by atoms with Gasteiger partial charge in [0.1, 0.15) is 7.05 Å². The normalized spacial score (nSPS) is 11.3. The Kier molecular flexibility index (Phi) is 8.12. The average molecular weight is 467 g/mol. The van der Waals surface area contributed by atoms with Crippen LogP contribution in [-0.2, 0) is 21.9 Å². The molecule has 0 aliphatic heterocycles. The van der Waals surface area contributed by atoms with E-state index in [0.29, 0.717) is 12.3 Å². The van der Waals surface area contributed by atoms with Crippen molar-refractivity contribution in [1.29, 1.82) is 0 Å². The van der Waals surface area contributed by atoms with Gasteiger partial charge in [0.15, 0.2) is 10.1 Å². The molecule has 0 radical (unpaired) electrons. The van der Waals surface area contributed by atoms with E-state index in [1.807, 2.05) is 85.3 Å². The molecule has 0 amide bonds. The molecule has 0 spiro atoms. The molecule has 32 heavy (non-hydrogen) atoms. The van der Waals surface area contributed by atoms with Crippen molar-refractivity contribution in [2.45, 2.75) is 12.4 Å². The number of alkyl halides is 3. The first-order valence-corrected chi connectivity index (χ1v) is 10.7. The highest BCUT2D eigenvalue weighted by Gasteiger charge is 2.36. The summed E-state index contributed by atoms with van der Waals surface area (Å²) in [5.41, 5.74) is -1.01. The summed E-state index contributed by atoms with van der Waals surface area (Å²) in [7, 11) is -4.20. The van der Waals surface area contributed by atoms with E-state index in [4.69, 9.17) is 17.7 Å². The number of carbonyl (C=O) groups excluding carboxylic acids is 1. The van der Waals surface area contributed by atoms with Gasteiger partial charge in [-0.2, -0.15) is 17.7 Å². The number of pyridine rings is 1. The van der Waals surface area contributed by atoms with Crippen LogP contribution in [0.3, 0.4) is 0 Å². The van der Waals surface area contributed by atoms with Crippen LogP contribution in [0, 0.1) is 0 Å². The van der Waals surface area contributed by atoms with Gasteiger partial charge in [0.25, 0.3) is 5.69 Å². The highest BCUT2D eigenvalue weighted by atomic mass is 32.2. The second-order valence-electron chi connectivity index (χ2n) is 6.43. The van der Waals surface area contributed by atoms with E-state index >= 15 is 0 Å². The van der Waals surface area contributed by atoms with Gasteiger partial charge >= 0.3 is 11.5 Å². The van der Waals surface area contributed by atoms with Crippen molar-refractivity contribution in [3.8, 4) is 22.4 Å². The average Bonchev–Trinajstić information content (AvgIpc) is 2.74. The zero-order chi connectivity index (χ0) is 23.9. The smallest absolute Gasteiger partial charge is 0.485 e. The maximum atomic E-state index is 12.4. The molecule has 1 heterocycles. The molecule has 0 fully saturated rings. The number of benzene rings is 2. The molecule has 3 rings (SSSR count). The molecule has 0 aliphatic carbocycles. The van der Waals surface area contributed by atoms with Crippen LogP contribution in [0.25, 0.3) is 22.4 Å². The Morgan fingerprint density at radius 1 is 0.938 bits per heavy atom. The van der Waals surface area contributed by atoms with Gasteiger partial charge < -0.3 is 9.29 Å². The fraction of sp³-hybridized carbons (Fsp3) is 0.182. The number of ether oxygens (including phenoxy) is 1. The third-order valence-corrected chi connectivity index (χ3v) is 4.82. The Morgan fingerprint density at radius 3 is 1.84 bits per heavy atom. The minimum Gasteiger partial charge on any atom is -0.741 e. The summed E-state index contributed by atoms with van der Waals surface area (Å²) in [5.74, 6) is -0.310. The molecular formula is C22H20F3NO5S. The minimum absolute atomic E-state index is 0.310. The number of nitrogens with zero attached hydrogens (tertiary/aromatic N) is 1. The Bertz CT molecular complexity index is 1170. The summed E-state index contributed by atoms with van der Waals surface area (Å²) in [6, 6.07) is 24.1. The number of hydrogen-bond acceptors (Lipinski definition) is 5. The van der Waals surface area contributed by atoms with Gasteiger partial charge in [0.2, 0.25) is 5.69 Å². The molecule has 0 N–H and O–H groups in total. The Morgan fingerprint density at radius 2 is 1.41 bits per heavy atom. The van der Waals surface area contributed by atoms with Crippen molar-refractivity contribution < 1.29 is 40.2 Å². The molecule has 10 heteroatoms. The van der Waals surface area contributed by atoms with Gasteiger partial charge in [-0.15, -0.1) is 0 Å².